The zero-order valence-corrected chi connectivity index (χ0v) is 9.68. The highest BCUT2D eigenvalue weighted by Crippen LogP contribution is 2.26. The highest BCUT2D eigenvalue weighted by Gasteiger charge is 2.15. The number of hydrogen-bond donors (Lipinski definition) is 1. The number of aromatic nitrogens is 2. The molecule has 16 heavy (non-hydrogen) atoms. The molecule has 2 aromatic heterocycles. The van der Waals surface area contributed by atoms with E-state index >= 15 is 0 Å². The fourth-order valence-electron chi connectivity index (χ4n) is 1.56. The van der Waals surface area contributed by atoms with Crippen molar-refractivity contribution in [3.8, 4) is 0 Å². The Labute approximate surface area is 98.4 Å². The number of hydrogen-bond acceptors (Lipinski definition) is 3. The highest BCUT2D eigenvalue weighted by molar-refractivity contribution is 6.29. The Morgan fingerprint density at radius 1 is 1.62 bits per heavy atom. The van der Waals surface area contributed by atoms with Gasteiger partial charge in [-0.15, -0.1) is 0 Å². The third-order valence-corrected chi connectivity index (χ3v) is 2.75. The van der Waals surface area contributed by atoms with E-state index in [1.165, 1.54) is 6.26 Å². The van der Waals surface area contributed by atoms with Crippen molar-refractivity contribution in [2.24, 2.45) is 0 Å². The van der Waals surface area contributed by atoms with Gasteiger partial charge in [-0.25, -0.2) is 0 Å². The molecule has 86 valence electrons. The van der Waals surface area contributed by atoms with Gasteiger partial charge in [-0.2, -0.15) is 5.10 Å². The van der Waals surface area contributed by atoms with E-state index < -0.39 is 6.10 Å². The number of halogens is 1. The fourth-order valence-corrected chi connectivity index (χ4v) is 1.80. The molecule has 1 N–H and O–H groups in total. The van der Waals surface area contributed by atoms with Crippen LogP contribution in [-0.2, 0) is 13.0 Å². The Bertz CT molecular complexity index is 464. The van der Waals surface area contributed by atoms with Crippen molar-refractivity contribution in [1.82, 2.24) is 9.78 Å². The fraction of sp³-hybridized carbons (Fsp3) is 0.364. The van der Waals surface area contributed by atoms with Crippen LogP contribution in [0.4, 0.5) is 0 Å². The molecule has 0 bridgehead atoms. The molecule has 2 aromatic rings. The van der Waals surface area contributed by atoms with Crippen molar-refractivity contribution >= 4 is 11.6 Å². The smallest absolute Gasteiger partial charge is 0.198 e. The van der Waals surface area contributed by atoms with Crippen molar-refractivity contribution in [2.75, 3.05) is 0 Å². The summed E-state index contributed by atoms with van der Waals surface area (Å²) in [5, 5.41) is 14.3. The summed E-state index contributed by atoms with van der Waals surface area (Å²) in [6, 6.07) is 1.68. The lowest BCUT2D eigenvalue weighted by molar-refractivity contribution is 0.177. The number of aryl methyl sites for hydroxylation is 1. The summed E-state index contributed by atoms with van der Waals surface area (Å²) < 4.78 is 6.75. The maximum Gasteiger partial charge on any atom is 0.198 e. The second-order valence-corrected chi connectivity index (χ2v) is 3.92. The number of rotatable bonds is 4. The first-order valence-corrected chi connectivity index (χ1v) is 5.50. The van der Waals surface area contributed by atoms with Gasteiger partial charge < -0.3 is 9.52 Å². The van der Waals surface area contributed by atoms with E-state index in [9.17, 15) is 5.11 Å². The number of aliphatic hydroxyl groups excluding tert-OH is 1. The summed E-state index contributed by atoms with van der Waals surface area (Å²) in [5.41, 5.74) is 1.59. The first-order valence-electron chi connectivity index (χ1n) is 5.13. The Hall–Kier alpha value is -1.26. The predicted molar refractivity (Wildman–Crippen MR) is 60.3 cm³/mol. The number of nitrogens with zero attached hydrogens (tertiary/aromatic N) is 2. The van der Waals surface area contributed by atoms with Gasteiger partial charge in [0.15, 0.2) is 5.22 Å². The summed E-state index contributed by atoms with van der Waals surface area (Å²) in [7, 11) is 0. The SMILES string of the molecule is CCn1cc(CC(O)c2ccoc2Cl)cn1. The second-order valence-electron chi connectivity index (χ2n) is 3.57. The van der Waals surface area contributed by atoms with E-state index in [-0.39, 0.29) is 5.22 Å². The Morgan fingerprint density at radius 3 is 3.00 bits per heavy atom. The van der Waals surface area contributed by atoms with Crippen LogP contribution in [0.25, 0.3) is 0 Å². The molecule has 5 heteroatoms. The van der Waals surface area contributed by atoms with E-state index in [2.05, 4.69) is 5.10 Å². The molecule has 4 nitrogen and oxygen atoms in total. The average molecular weight is 241 g/mol. The minimum Gasteiger partial charge on any atom is -0.453 e. The van der Waals surface area contributed by atoms with Crippen molar-refractivity contribution in [1.29, 1.82) is 0 Å². The molecule has 0 aliphatic heterocycles. The Balaban J connectivity index is 2.07. The van der Waals surface area contributed by atoms with E-state index in [1.807, 2.05) is 17.8 Å². The minimum atomic E-state index is -0.652. The molecular formula is C11H13ClN2O2. The third-order valence-electron chi connectivity index (χ3n) is 2.44. The van der Waals surface area contributed by atoms with Gasteiger partial charge in [0.1, 0.15) is 0 Å². The topological polar surface area (TPSA) is 51.2 Å². The molecule has 0 saturated heterocycles. The molecule has 0 fully saturated rings. The summed E-state index contributed by atoms with van der Waals surface area (Å²) in [6.45, 7) is 2.84. The number of aliphatic hydroxyl groups is 1. The summed E-state index contributed by atoms with van der Waals surface area (Å²) in [4.78, 5) is 0. The van der Waals surface area contributed by atoms with Crippen LogP contribution in [0.1, 0.15) is 24.2 Å². The molecule has 1 unspecified atom stereocenters. The standard InChI is InChI=1S/C11H13ClN2O2/c1-2-14-7-8(6-13-14)5-10(15)9-3-4-16-11(9)12/h3-4,6-7,10,15H,2,5H2,1H3. The van der Waals surface area contributed by atoms with E-state index in [1.54, 1.807) is 12.3 Å². The van der Waals surface area contributed by atoms with Crippen LogP contribution < -0.4 is 0 Å². The molecule has 0 aliphatic carbocycles. The van der Waals surface area contributed by atoms with E-state index in [4.69, 9.17) is 16.0 Å². The molecule has 0 aromatic carbocycles. The van der Waals surface area contributed by atoms with Crippen LogP contribution >= 0.6 is 11.6 Å². The van der Waals surface area contributed by atoms with Crippen molar-refractivity contribution in [2.45, 2.75) is 26.0 Å². The predicted octanol–water partition coefficient (Wildman–Crippen LogP) is 2.43. The zero-order chi connectivity index (χ0) is 11.5. The number of furan rings is 1. The Morgan fingerprint density at radius 2 is 2.44 bits per heavy atom. The van der Waals surface area contributed by atoms with Gasteiger partial charge in [-0.3, -0.25) is 4.68 Å². The lowest BCUT2D eigenvalue weighted by Crippen LogP contribution is -2.00. The maximum atomic E-state index is 9.94. The van der Waals surface area contributed by atoms with Crippen LogP contribution in [0.3, 0.4) is 0 Å². The van der Waals surface area contributed by atoms with Crippen LogP contribution in [-0.4, -0.2) is 14.9 Å². The first-order chi connectivity index (χ1) is 7.70. The molecular weight excluding hydrogens is 228 g/mol. The van der Waals surface area contributed by atoms with Crippen LogP contribution in [0.2, 0.25) is 5.22 Å². The van der Waals surface area contributed by atoms with Crippen molar-refractivity contribution in [3.63, 3.8) is 0 Å². The molecule has 0 saturated carbocycles. The third kappa shape index (κ3) is 2.28. The van der Waals surface area contributed by atoms with Gasteiger partial charge in [0, 0.05) is 24.7 Å². The largest absolute Gasteiger partial charge is 0.453 e. The van der Waals surface area contributed by atoms with Gasteiger partial charge in [0.2, 0.25) is 0 Å². The lowest BCUT2D eigenvalue weighted by atomic mass is 10.1. The van der Waals surface area contributed by atoms with Gasteiger partial charge in [-0.05, 0) is 30.2 Å². The van der Waals surface area contributed by atoms with Gasteiger partial charge in [0.05, 0.1) is 18.6 Å². The minimum absolute atomic E-state index is 0.246. The lowest BCUT2D eigenvalue weighted by Gasteiger charge is -2.06. The molecule has 2 heterocycles. The van der Waals surface area contributed by atoms with Gasteiger partial charge >= 0.3 is 0 Å². The normalized spacial score (nSPS) is 12.9. The quantitative estimate of drug-likeness (QED) is 0.893. The van der Waals surface area contributed by atoms with E-state index in [0.717, 1.165) is 12.1 Å². The molecule has 0 radical (unpaired) electrons. The summed E-state index contributed by atoms with van der Waals surface area (Å²) in [5.74, 6) is 0. The second kappa shape index (κ2) is 4.72. The maximum absolute atomic E-state index is 9.94. The van der Waals surface area contributed by atoms with Crippen molar-refractivity contribution < 1.29 is 9.52 Å². The molecule has 1 atom stereocenters. The molecule has 0 spiro atoms. The Kier molecular flexibility index (Phi) is 3.31. The molecule has 0 aliphatic rings. The zero-order valence-electron chi connectivity index (χ0n) is 8.93. The molecule has 2 rings (SSSR count). The highest BCUT2D eigenvalue weighted by atomic mass is 35.5. The summed E-state index contributed by atoms with van der Waals surface area (Å²) >= 11 is 5.79. The summed E-state index contributed by atoms with van der Waals surface area (Å²) in [6.07, 6.45) is 4.97. The van der Waals surface area contributed by atoms with Gasteiger partial charge in [0.25, 0.3) is 0 Å². The molecule has 0 amide bonds. The monoisotopic (exact) mass is 240 g/mol. The van der Waals surface area contributed by atoms with Gasteiger partial charge in [-0.1, -0.05) is 0 Å². The van der Waals surface area contributed by atoms with Crippen molar-refractivity contribution in [3.05, 3.63) is 41.1 Å². The van der Waals surface area contributed by atoms with Crippen LogP contribution in [0.15, 0.2) is 29.1 Å². The van der Waals surface area contributed by atoms with Crippen LogP contribution in [0.5, 0.6) is 0 Å². The van der Waals surface area contributed by atoms with Crippen LogP contribution in [0, 0.1) is 0 Å². The average Bonchev–Trinajstić information content (AvgIpc) is 2.86. The first kappa shape index (κ1) is 11.2. The van der Waals surface area contributed by atoms with E-state index in [0.29, 0.717) is 12.0 Å².